The lowest BCUT2D eigenvalue weighted by atomic mass is 10.1. The number of nitrogens with one attached hydrogen (secondary N) is 2. The van der Waals surface area contributed by atoms with Gasteiger partial charge in [-0.25, -0.2) is 0 Å². The molecule has 1 aromatic rings. The Kier molecular flexibility index (Phi) is 7.53. The van der Waals surface area contributed by atoms with E-state index in [1.54, 1.807) is 0 Å². The average Bonchev–Trinajstić information content (AvgIpc) is 2.40. The van der Waals surface area contributed by atoms with Crippen molar-refractivity contribution in [3.05, 3.63) is 34.9 Å². The Morgan fingerprint density at radius 2 is 1.95 bits per heavy atom. The van der Waals surface area contributed by atoms with Crippen LogP contribution in [0.2, 0.25) is 5.02 Å². The van der Waals surface area contributed by atoms with Gasteiger partial charge in [0.05, 0.1) is 0 Å². The van der Waals surface area contributed by atoms with Crippen molar-refractivity contribution in [3.8, 4) is 0 Å². The predicted octanol–water partition coefficient (Wildman–Crippen LogP) is 2.78. The Morgan fingerprint density at radius 1 is 1.26 bits per heavy atom. The first kappa shape index (κ1) is 16.0. The van der Waals surface area contributed by atoms with Gasteiger partial charge < -0.3 is 10.6 Å². The van der Waals surface area contributed by atoms with Crippen LogP contribution < -0.4 is 10.6 Å². The van der Waals surface area contributed by atoms with Gasteiger partial charge in [-0.05, 0) is 44.0 Å². The number of rotatable bonds is 8. The van der Waals surface area contributed by atoms with Crippen LogP contribution in [0.15, 0.2) is 24.3 Å². The Labute approximate surface area is 120 Å². The molecule has 106 valence electrons. The summed E-state index contributed by atoms with van der Waals surface area (Å²) in [4.78, 5) is 11.5. The van der Waals surface area contributed by atoms with Gasteiger partial charge in [0.2, 0.25) is 5.91 Å². The zero-order valence-corrected chi connectivity index (χ0v) is 12.5. The van der Waals surface area contributed by atoms with Gasteiger partial charge in [0.15, 0.2) is 0 Å². The summed E-state index contributed by atoms with van der Waals surface area (Å²) in [5, 5.41) is 6.99. The summed E-state index contributed by atoms with van der Waals surface area (Å²) >= 11 is 5.82. The molecule has 3 nitrogen and oxygen atoms in total. The Morgan fingerprint density at radius 3 is 2.58 bits per heavy atom. The third kappa shape index (κ3) is 7.19. The minimum absolute atomic E-state index is 0.119. The standard InChI is InChI=1S/C15H23ClN2O/c1-3-12(2)18-15(19)9-11-17-10-8-13-4-6-14(16)7-5-13/h4-7,12,17H,3,8-11H2,1-2H3,(H,18,19). The first-order chi connectivity index (χ1) is 9.11. The average molecular weight is 283 g/mol. The molecule has 0 fully saturated rings. The Balaban J connectivity index is 2.08. The first-order valence-corrected chi connectivity index (χ1v) is 7.24. The second kappa shape index (κ2) is 8.94. The summed E-state index contributed by atoms with van der Waals surface area (Å²) in [6.45, 7) is 5.68. The summed E-state index contributed by atoms with van der Waals surface area (Å²) in [5.74, 6) is 0.119. The summed E-state index contributed by atoms with van der Waals surface area (Å²) in [7, 11) is 0. The molecular weight excluding hydrogens is 260 g/mol. The zero-order chi connectivity index (χ0) is 14.1. The van der Waals surface area contributed by atoms with Crippen molar-refractivity contribution < 1.29 is 4.79 Å². The molecule has 1 unspecified atom stereocenters. The molecule has 0 bridgehead atoms. The lowest BCUT2D eigenvalue weighted by Crippen LogP contribution is -2.34. The molecule has 4 heteroatoms. The molecule has 1 amide bonds. The third-order valence-electron chi connectivity index (χ3n) is 3.05. The summed E-state index contributed by atoms with van der Waals surface area (Å²) < 4.78 is 0. The second-order valence-corrected chi connectivity index (χ2v) is 5.19. The van der Waals surface area contributed by atoms with Crippen molar-refractivity contribution in [2.24, 2.45) is 0 Å². The zero-order valence-electron chi connectivity index (χ0n) is 11.7. The molecule has 0 radical (unpaired) electrons. The molecule has 1 rings (SSSR count). The van der Waals surface area contributed by atoms with E-state index < -0.39 is 0 Å². The van der Waals surface area contributed by atoms with Crippen molar-refractivity contribution in [2.75, 3.05) is 13.1 Å². The van der Waals surface area contributed by atoms with E-state index in [1.165, 1.54) is 5.56 Å². The molecular formula is C15H23ClN2O. The highest BCUT2D eigenvalue weighted by Crippen LogP contribution is 2.09. The van der Waals surface area contributed by atoms with Gasteiger partial charge in [-0.1, -0.05) is 30.7 Å². The largest absolute Gasteiger partial charge is 0.354 e. The maximum atomic E-state index is 11.5. The molecule has 0 heterocycles. The lowest BCUT2D eigenvalue weighted by Gasteiger charge is -2.11. The summed E-state index contributed by atoms with van der Waals surface area (Å²) in [6, 6.07) is 8.12. The van der Waals surface area contributed by atoms with Crippen LogP contribution in [0.1, 0.15) is 32.3 Å². The highest BCUT2D eigenvalue weighted by molar-refractivity contribution is 6.30. The van der Waals surface area contributed by atoms with E-state index in [0.717, 1.165) is 31.0 Å². The van der Waals surface area contributed by atoms with Crippen LogP contribution in [0.5, 0.6) is 0 Å². The smallest absolute Gasteiger partial charge is 0.221 e. The van der Waals surface area contributed by atoms with Crippen LogP contribution in [0.25, 0.3) is 0 Å². The van der Waals surface area contributed by atoms with Crippen LogP contribution in [0, 0.1) is 0 Å². The van der Waals surface area contributed by atoms with E-state index in [-0.39, 0.29) is 11.9 Å². The van der Waals surface area contributed by atoms with Crippen molar-refractivity contribution in [1.82, 2.24) is 10.6 Å². The van der Waals surface area contributed by atoms with Gasteiger partial charge in [-0.3, -0.25) is 4.79 Å². The highest BCUT2D eigenvalue weighted by Gasteiger charge is 2.04. The van der Waals surface area contributed by atoms with E-state index in [2.05, 4.69) is 17.6 Å². The van der Waals surface area contributed by atoms with Crippen molar-refractivity contribution in [2.45, 2.75) is 39.2 Å². The summed E-state index contributed by atoms with van der Waals surface area (Å²) in [5.41, 5.74) is 1.25. The lowest BCUT2D eigenvalue weighted by molar-refractivity contribution is -0.121. The number of hydrogen-bond acceptors (Lipinski definition) is 2. The van der Waals surface area contributed by atoms with E-state index in [0.29, 0.717) is 6.42 Å². The van der Waals surface area contributed by atoms with Gasteiger partial charge >= 0.3 is 0 Å². The molecule has 2 N–H and O–H groups in total. The molecule has 0 aliphatic rings. The molecule has 19 heavy (non-hydrogen) atoms. The first-order valence-electron chi connectivity index (χ1n) is 6.86. The fourth-order valence-corrected chi connectivity index (χ4v) is 1.79. The normalized spacial score (nSPS) is 12.2. The number of benzene rings is 1. The van der Waals surface area contributed by atoms with Crippen LogP contribution in [-0.2, 0) is 11.2 Å². The highest BCUT2D eigenvalue weighted by atomic mass is 35.5. The minimum atomic E-state index is 0.119. The summed E-state index contributed by atoms with van der Waals surface area (Å²) in [6.07, 6.45) is 2.45. The van der Waals surface area contributed by atoms with Gasteiger partial charge in [-0.15, -0.1) is 0 Å². The van der Waals surface area contributed by atoms with Gasteiger partial charge in [0.1, 0.15) is 0 Å². The van der Waals surface area contributed by atoms with Crippen LogP contribution in [0.4, 0.5) is 0 Å². The van der Waals surface area contributed by atoms with Crippen molar-refractivity contribution >= 4 is 17.5 Å². The third-order valence-corrected chi connectivity index (χ3v) is 3.30. The molecule has 0 aliphatic heterocycles. The molecule has 0 saturated heterocycles. The fraction of sp³-hybridized carbons (Fsp3) is 0.533. The molecule has 0 spiro atoms. The van der Waals surface area contributed by atoms with Crippen LogP contribution >= 0.6 is 11.6 Å². The van der Waals surface area contributed by atoms with Gasteiger partial charge in [0, 0.05) is 24.0 Å². The van der Waals surface area contributed by atoms with Crippen LogP contribution in [0.3, 0.4) is 0 Å². The molecule has 1 aromatic carbocycles. The van der Waals surface area contributed by atoms with E-state index in [4.69, 9.17) is 11.6 Å². The predicted molar refractivity (Wildman–Crippen MR) is 80.5 cm³/mol. The number of carbonyl (C=O) groups is 1. The van der Waals surface area contributed by atoms with Crippen LogP contribution in [-0.4, -0.2) is 25.0 Å². The Bertz CT molecular complexity index is 378. The topological polar surface area (TPSA) is 41.1 Å². The van der Waals surface area contributed by atoms with Crippen molar-refractivity contribution in [3.63, 3.8) is 0 Å². The maximum Gasteiger partial charge on any atom is 0.221 e. The Hall–Kier alpha value is -1.06. The molecule has 1 atom stereocenters. The van der Waals surface area contributed by atoms with Gasteiger partial charge in [0.25, 0.3) is 0 Å². The number of hydrogen-bond donors (Lipinski definition) is 2. The molecule has 0 saturated carbocycles. The van der Waals surface area contributed by atoms with Gasteiger partial charge in [-0.2, -0.15) is 0 Å². The minimum Gasteiger partial charge on any atom is -0.354 e. The number of carbonyl (C=O) groups excluding carboxylic acids is 1. The maximum absolute atomic E-state index is 11.5. The SMILES string of the molecule is CCC(C)NC(=O)CCNCCc1ccc(Cl)cc1. The van der Waals surface area contributed by atoms with Crippen molar-refractivity contribution in [1.29, 1.82) is 0 Å². The van der Waals surface area contributed by atoms with E-state index in [1.807, 2.05) is 31.2 Å². The number of halogens is 1. The molecule has 0 aromatic heterocycles. The second-order valence-electron chi connectivity index (χ2n) is 4.75. The number of amides is 1. The van der Waals surface area contributed by atoms with E-state index >= 15 is 0 Å². The quantitative estimate of drug-likeness (QED) is 0.720. The fourth-order valence-electron chi connectivity index (χ4n) is 1.66. The van der Waals surface area contributed by atoms with E-state index in [9.17, 15) is 4.79 Å². The molecule has 0 aliphatic carbocycles. The monoisotopic (exact) mass is 282 g/mol.